The monoisotopic (exact) mass is 271 g/mol. The molecule has 3 nitrogen and oxygen atoms in total. The van der Waals surface area contributed by atoms with E-state index in [4.69, 9.17) is 10.5 Å². The van der Waals surface area contributed by atoms with Gasteiger partial charge in [-0.15, -0.1) is 12.4 Å². The second-order valence-corrected chi connectivity index (χ2v) is 4.91. The summed E-state index contributed by atoms with van der Waals surface area (Å²) in [5.74, 6) is 0. The van der Waals surface area contributed by atoms with E-state index in [0.29, 0.717) is 0 Å². The van der Waals surface area contributed by atoms with Gasteiger partial charge in [-0.3, -0.25) is 0 Å². The number of aliphatic hydroxyl groups is 1. The number of halogens is 1. The third kappa shape index (κ3) is 3.45. The molecule has 1 fully saturated rings. The van der Waals surface area contributed by atoms with Crippen molar-refractivity contribution in [2.24, 2.45) is 5.73 Å². The fourth-order valence-corrected chi connectivity index (χ4v) is 2.73. The van der Waals surface area contributed by atoms with Gasteiger partial charge in [-0.05, 0) is 24.8 Å². The highest BCUT2D eigenvalue weighted by molar-refractivity contribution is 5.85. The first-order chi connectivity index (χ1) is 8.27. The second-order valence-electron chi connectivity index (χ2n) is 4.91. The van der Waals surface area contributed by atoms with Crippen molar-refractivity contribution in [2.45, 2.75) is 30.7 Å². The molecule has 1 aliphatic rings. The van der Waals surface area contributed by atoms with Crippen LogP contribution < -0.4 is 5.73 Å². The molecule has 0 saturated carbocycles. The van der Waals surface area contributed by atoms with E-state index in [-0.39, 0.29) is 30.5 Å². The summed E-state index contributed by atoms with van der Waals surface area (Å²) in [6, 6.07) is 10.3. The summed E-state index contributed by atoms with van der Waals surface area (Å²) in [6.45, 7) is 1.62. The van der Waals surface area contributed by atoms with Gasteiger partial charge >= 0.3 is 0 Å². The van der Waals surface area contributed by atoms with Crippen LogP contribution in [0.15, 0.2) is 30.3 Å². The SMILES string of the molecule is Cl.NC(CO)CC1(c2ccccc2)CCOCC1. The first-order valence-electron chi connectivity index (χ1n) is 6.26. The van der Waals surface area contributed by atoms with Crippen molar-refractivity contribution in [3.63, 3.8) is 0 Å². The van der Waals surface area contributed by atoms with Crippen molar-refractivity contribution in [3.8, 4) is 0 Å². The van der Waals surface area contributed by atoms with Crippen molar-refractivity contribution in [1.29, 1.82) is 0 Å². The maximum Gasteiger partial charge on any atom is 0.0582 e. The summed E-state index contributed by atoms with van der Waals surface area (Å²) in [5.41, 5.74) is 7.35. The molecule has 18 heavy (non-hydrogen) atoms. The van der Waals surface area contributed by atoms with E-state index in [9.17, 15) is 5.11 Å². The van der Waals surface area contributed by atoms with Crippen LogP contribution in [0.5, 0.6) is 0 Å². The van der Waals surface area contributed by atoms with Gasteiger partial charge in [-0.2, -0.15) is 0 Å². The Morgan fingerprint density at radius 1 is 1.22 bits per heavy atom. The van der Waals surface area contributed by atoms with Crippen molar-refractivity contribution < 1.29 is 9.84 Å². The van der Waals surface area contributed by atoms with Crippen molar-refractivity contribution in [3.05, 3.63) is 35.9 Å². The molecule has 0 spiro atoms. The highest BCUT2D eigenvalue weighted by atomic mass is 35.5. The molecule has 4 heteroatoms. The Balaban J connectivity index is 0.00000162. The Labute approximate surface area is 115 Å². The number of benzene rings is 1. The van der Waals surface area contributed by atoms with Crippen molar-refractivity contribution in [1.82, 2.24) is 0 Å². The summed E-state index contributed by atoms with van der Waals surface area (Å²) in [6.07, 6.45) is 2.81. The van der Waals surface area contributed by atoms with Crippen molar-refractivity contribution >= 4 is 12.4 Å². The lowest BCUT2D eigenvalue weighted by Gasteiger charge is -2.39. The third-order valence-electron chi connectivity index (χ3n) is 3.72. The van der Waals surface area contributed by atoms with Crippen LogP contribution in [0.2, 0.25) is 0 Å². The maximum absolute atomic E-state index is 9.17. The van der Waals surface area contributed by atoms with E-state index in [0.717, 1.165) is 32.5 Å². The van der Waals surface area contributed by atoms with Crippen LogP contribution >= 0.6 is 12.4 Å². The van der Waals surface area contributed by atoms with Gasteiger partial charge in [0, 0.05) is 24.7 Å². The Morgan fingerprint density at radius 2 is 1.83 bits per heavy atom. The molecule has 1 saturated heterocycles. The predicted octanol–water partition coefficient (Wildman–Crippen LogP) is 1.87. The van der Waals surface area contributed by atoms with E-state index in [1.807, 2.05) is 6.07 Å². The lowest BCUT2D eigenvalue weighted by atomic mass is 9.70. The predicted molar refractivity (Wildman–Crippen MR) is 75.1 cm³/mol. The molecule has 0 radical (unpaired) electrons. The van der Waals surface area contributed by atoms with Gasteiger partial charge in [0.15, 0.2) is 0 Å². The molecule has 0 amide bonds. The highest BCUT2D eigenvalue weighted by Crippen LogP contribution is 2.38. The molecular formula is C14H22ClNO2. The molecule has 1 atom stereocenters. The fraction of sp³-hybridized carbons (Fsp3) is 0.571. The van der Waals surface area contributed by atoms with Crippen LogP contribution in [0.3, 0.4) is 0 Å². The van der Waals surface area contributed by atoms with Gasteiger partial charge in [0.05, 0.1) is 6.61 Å². The number of ether oxygens (including phenoxy) is 1. The summed E-state index contributed by atoms with van der Waals surface area (Å²) < 4.78 is 5.46. The minimum Gasteiger partial charge on any atom is -0.395 e. The van der Waals surface area contributed by atoms with Crippen LogP contribution in [-0.4, -0.2) is 31.0 Å². The number of nitrogens with two attached hydrogens (primary N) is 1. The Bertz CT molecular complexity index is 339. The highest BCUT2D eigenvalue weighted by Gasteiger charge is 2.35. The number of hydrogen-bond acceptors (Lipinski definition) is 3. The molecule has 1 aromatic carbocycles. The zero-order chi connectivity index (χ0) is 12.1. The van der Waals surface area contributed by atoms with Crippen LogP contribution in [0, 0.1) is 0 Å². The Morgan fingerprint density at radius 3 is 2.39 bits per heavy atom. The van der Waals surface area contributed by atoms with Gasteiger partial charge in [0.2, 0.25) is 0 Å². The molecule has 2 rings (SSSR count). The molecule has 1 aromatic rings. The average molecular weight is 272 g/mol. The molecule has 102 valence electrons. The van der Waals surface area contributed by atoms with Crippen LogP contribution in [0.25, 0.3) is 0 Å². The van der Waals surface area contributed by atoms with E-state index >= 15 is 0 Å². The summed E-state index contributed by atoms with van der Waals surface area (Å²) in [4.78, 5) is 0. The molecule has 1 aliphatic heterocycles. The normalized spacial score (nSPS) is 19.9. The van der Waals surface area contributed by atoms with Gasteiger partial charge < -0.3 is 15.6 Å². The quantitative estimate of drug-likeness (QED) is 0.879. The van der Waals surface area contributed by atoms with Gasteiger partial charge in [-0.1, -0.05) is 30.3 Å². The lowest BCUT2D eigenvalue weighted by molar-refractivity contribution is 0.0416. The summed E-state index contributed by atoms with van der Waals surface area (Å²) >= 11 is 0. The topological polar surface area (TPSA) is 55.5 Å². The van der Waals surface area contributed by atoms with E-state index in [1.54, 1.807) is 0 Å². The van der Waals surface area contributed by atoms with Crippen LogP contribution in [0.1, 0.15) is 24.8 Å². The number of hydrogen-bond donors (Lipinski definition) is 2. The van der Waals surface area contributed by atoms with Crippen LogP contribution in [0.4, 0.5) is 0 Å². The smallest absolute Gasteiger partial charge is 0.0582 e. The van der Waals surface area contributed by atoms with E-state index in [1.165, 1.54) is 5.56 Å². The first-order valence-corrected chi connectivity index (χ1v) is 6.26. The molecule has 0 aromatic heterocycles. The number of rotatable bonds is 4. The molecule has 0 bridgehead atoms. The zero-order valence-corrected chi connectivity index (χ0v) is 11.4. The fourth-order valence-electron chi connectivity index (χ4n) is 2.73. The Kier molecular flexibility index (Phi) is 6.09. The standard InChI is InChI=1S/C14H21NO2.ClH/c15-13(11-16)10-14(6-8-17-9-7-14)12-4-2-1-3-5-12;/h1-5,13,16H,6-11,15H2;1H. The van der Waals surface area contributed by atoms with Crippen molar-refractivity contribution in [2.75, 3.05) is 19.8 Å². The third-order valence-corrected chi connectivity index (χ3v) is 3.72. The molecule has 0 aliphatic carbocycles. The second kappa shape index (κ2) is 7.10. The average Bonchev–Trinajstić information content (AvgIpc) is 2.40. The zero-order valence-electron chi connectivity index (χ0n) is 10.5. The largest absolute Gasteiger partial charge is 0.395 e. The molecule has 1 heterocycles. The maximum atomic E-state index is 9.17. The molecule has 3 N–H and O–H groups in total. The van der Waals surface area contributed by atoms with Gasteiger partial charge in [-0.25, -0.2) is 0 Å². The minimum atomic E-state index is -0.145. The molecule has 1 unspecified atom stereocenters. The first kappa shape index (κ1) is 15.4. The van der Waals surface area contributed by atoms with Gasteiger partial charge in [0.1, 0.15) is 0 Å². The number of aliphatic hydroxyl groups excluding tert-OH is 1. The van der Waals surface area contributed by atoms with Gasteiger partial charge in [0.25, 0.3) is 0 Å². The lowest BCUT2D eigenvalue weighted by Crippen LogP contribution is -2.41. The van der Waals surface area contributed by atoms with Crippen LogP contribution in [-0.2, 0) is 10.2 Å². The van der Waals surface area contributed by atoms with E-state index in [2.05, 4.69) is 24.3 Å². The minimum absolute atomic E-state index is 0. The van der Waals surface area contributed by atoms with E-state index < -0.39 is 0 Å². The molecular weight excluding hydrogens is 250 g/mol. The summed E-state index contributed by atoms with van der Waals surface area (Å²) in [5, 5.41) is 9.17. The Hall–Kier alpha value is -0.610. The summed E-state index contributed by atoms with van der Waals surface area (Å²) in [7, 11) is 0.